The molecule has 4 aromatic rings. The topological polar surface area (TPSA) is 81.1 Å². The van der Waals surface area contributed by atoms with Gasteiger partial charge in [-0.1, -0.05) is 24.3 Å². The van der Waals surface area contributed by atoms with Gasteiger partial charge in [-0.3, -0.25) is 9.78 Å². The number of carbonyl (C=O) groups excluding carboxylic acids is 1. The quantitative estimate of drug-likeness (QED) is 0.603. The summed E-state index contributed by atoms with van der Waals surface area (Å²) in [4.78, 5) is 16.3. The zero-order chi connectivity index (χ0) is 17.4. The highest BCUT2D eigenvalue weighted by Crippen LogP contribution is 2.32. The van der Waals surface area contributed by atoms with E-state index in [2.05, 4.69) is 9.55 Å². The Balaban J connectivity index is 2.07. The number of carbonyl (C=O) groups is 1. The summed E-state index contributed by atoms with van der Waals surface area (Å²) in [6.07, 6.45) is 1.76. The van der Waals surface area contributed by atoms with Gasteiger partial charge >= 0.3 is 0 Å². The fourth-order valence-electron chi connectivity index (χ4n) is 3.32. The Kier molecular flexibility index (Phi) is 3.71. The maximum atomic E-state index is 11.9. The zero-order valence-corrected chi connectivity index (χ0v) is 13.5. The standard InChI is InChI=1S/C20H17N3O2/c21-20(25)16-5-3-6-17-19(16)15-8-7-13(12-24)10-18(15)23(17)11-14-4-1-2-9-22-14/h1-10,24H,11-12H2,(H2,21,25). The number of hydrogen-bond acceptors (Lipinski definition) is 3. The Morgan fingerprint density at radius 2 is 1.96 bits per heavy atom. The van der Waals surface area contributed by atoms with E-state index in [1.54, 1.807) is 12.3 Å². The third-order valence-corrected chi connectivity index (χ3v) is 4.45. The number of nitrogens with zero attached hydrogens (tertiary/aromatic N) is 2. The van der Waals surface area contributed by atoms with E-state index < -0.39 is 5.91 Å². The van der Waals surface area contributed by atoms with E-state index in [0.717, 1.165) is 33.1 Å². The minimum absolute atomic E-state index is 0.0380. The van der Waals surface area contributed by atoms with Crippen molar-refractivity contribution in [3.05, 3.63) is 77.6 Å². The van der Waals surface area contributed by atoms with Gasteiger partial charge in [0.15, 0.2) is 0 Å². The van der Waals surface area contributed by atoms with Crippen molar-refractivity contribution in [1.29, 1.82) is 0 Å². The lowest BCUT2D eigenvalue weighted by Gasteiger charge is -2.08. The molecule has 2 heterocycles. The van der Waals surface area contributed by atoms with Crippen molar-refractivity contribution < 1.29 is 9.90 Å². The number of pyridine rings is 1. The van der Waals surface area contributed by atoms with Crippen LogP contribution in [0.4, 0.5) is 0 Å². The average Bonchev–Trinajstić information content (AvgIpc) is 2.95. The van der Waals surface area contributed by atoms with Crippen LogP contribution in [0.25, 0.3) is 21.8 Å². The fraction of sp³-hybridized carbons (Fsp3) is 0.100. The van der Waals surface area contributed by atoms with Crippen LogP contribution >= 0.6 is 0 Å². The van der Waals surface area contributed by atoms with Crippen LogP contribution in [0, 0.1) is 0 Å². The molecule has 2 aromatic heterocycles. The molecule has 0 atom stereocenters. The van der Waals surface area contributed by atoms with Gasteiger partial charge in [-0.15, -0.1) is 0 Å². The monoisotopic (exact) mass is 331 g/mol. The van der Waals surface area contributed by atoms with Gasteiger partial charge in [-0.05, 0) is 35.9 Å². The van der Waals surface area contributed by atoms with E-state index in [0.29, 0.717) is 12.1 Å². The predicted molar refractivity (Wildman–Crippen MR) is 97.2 cm³/mol. The smallest absolute Gasteiger partial charge is 0.249 e. The number of aliphatic hydroxyl groups excluding tert-OH is 1. The van der Waals surface area contributed by atoms with Crippen LogP contribution in [0.3, 0.4) is 0 Å². The lowest BCUT2D eigenvalue weighted by Crippen LogP contribution is -2.11. The van der Waals surface area contributed by atoms with Crippen LogP contribution in [0.5, 0.6) is 0 Å². The molecule has 5 heteroatoms. The van der Waals surface area contributed by atoms with Gasteiger partial charge in [0, 0.05) is 28.0 Å². The Bertz CT molecular complexity index is 1080. The van der Waals surface area contributed by atoms with Crippen LogP contribution in [0.2, 0.25) is 0 Å². The molecular formula is C20H17N3O2. The SMILES string of the molecule is NC(=O)c1cccc2c1c1ccc(CO)cc1n2Cc1ccccn1. The Hall–Kier alpha value is -3.18. The Morgan fingerprint density at radius 3 is 2.68 bits per heavy atom. The van der Waals surface area contributed by atoms with E-state index >= 15 is 0 Å². The molecule has 0 radical (unpaired) electrons. The molecule has 0 aliphatic rings. The van der Waals surface area contributed by atoms with E-state index in [-0.39, 0.29) is 6.61 Å². The third-order valence-electron chi connectivity index (χ3n) is 4.45. The van der Waals surface area contributed by atoms with Gasteiger partial charge < -0.3 is 15.4 Å². The highest BCUT2D eigenvalue weighted by atomic mass is 16.3. The first-order chi connectivity index (χ1) is 12.2. The van der Waals surface area contributed by atoms with Gasteiger partial charge in [0.1, 0.15) is 0 Å². The van der Waals surface area contributed by atoms with Gasteiger partial charge in [-0.25, -0.2) is 0 Å². The number of amides is 1. The predicted octanol–water partition coefficient (Wildman–Crippen LogP) is 2.83. The van der Waals surface area contributed by atoms with E-state index in [4.69, 9.17) is 5.73 Å². The molecule has 0 unspecified atom stereocenters. The van der Waals surface area contributed by atoms with Crippen molar-refractivity contribution in [1.82, 2.24) is 9.55 Å². The van der Waals surface area contributed by atoms with Crippen LogP contribution in [-0.4, -0.2) is 20.6 Å². The summed E-state index contributed by atoms with van der Waals surface area (Å²) in [5, 5.41) is 11.3. The van der Waals surface area contributed by atoms with E-state index in [9.17, 15) is 9.90 Å². The van der Waals surface area contributed by atoms with Crippen molar-refractivity contribution in [2.75, 3.05) is 0 Å². The van der Waals surface area contributed by atoms with Gasteiger partial charge in [-0.2, -0.15) is 0 Å². The zero-order valence-electron chi connectivity index (χ0n) is 13.5. The van der Waals surface area contributed by atoms with Crippen molar-refractivity contribution in [2.24, 2.45) is 5.73 Å². The molecule has 5 nitrogen and oxygen atoms in total. The number of aromatic nitrogens is 2. The molecule has 0 spiro atoms. The van der Waals surface area contributed by atoms with E-state index in [1.807, 2.05) is 48.5 Å². The van der Waals surface area contributed by atoms with Crippen LogP contribution in [-0.2, 0) is 13.2 Å². The number of hydrogen-bond donors (Lipinski definition) is 2. The van der Waals surface area contributed by atoms with Gasteiger partial charge in [0.2, 0.25) is 5.91 Å². The number of primary amides is 1. The van der Waals surface area contributed by atoms with Crippen molar-refractivity contribution in [3.63, 3.8) is 0 Å². The number of fused-ring (bicyclic) bond motifs is 3. The number of benzene rings is 2. The molecule has 1 amide bonds. The summed E-state index contributed by atoms with van der Waals surface area (Å²) in [6.45, 7) is 0.529. The highest BCUT2D eigenvalue weighted by molar-refractivity contribution is 6.17. The van der Waals surface area contributed by atoms with Gasteiger partial charge in [0.05, 0.1) is 24.4 Å². The molecular weight excluding hydrogens is 314 g/mol. The number of aliphatic hydroxyl groups is 1. The maximum Gasteiger partial charge on any atom is 0.249 e. The van der Waals surface area contributed by atoms with E-state index in [1.165, 1.54) is 0 Å². The summed E-state index contributed by atoms with van der Waals surface area (Å²) in [5.41, 5.74) is 9.69. The first-order valence-corrected chi connectivity index (χ1v) is 8.03. The number of nitrogens with two attached hydrogens (primary N) is 1. The normalized spacial score (nSPS) is 11.2. The number of rotatable bonds is 4. The Morgan fingerprint density at radius 1 is 1.08 bits per heavy atom. The first-order valence-electron chi connectivity index (χ1n) is 8.03. The molecule has 25 heavy (non-hydrogen) atoms. The molecule has 0 bridgehead atoms. The molecule has 2 aromatic carbocycles. The summed E-state index contributed by atoms with van der Waals surface area (Å²) in [5.74, 6) is -0.450. The maximum absolute atomic E-state index is 11.9. The van der Waals surface area contributed by atoms with Crippen molar-refractivity contribution in [3.8, 4) is 0 Å². The first kappa shape index (κ1) is 15.4. The molecule has 4 rings (SSSR count). The lowest BCUT2D eigenvalue weighted by atomic mass is 10.0. The van der Waals surface area contributed by atoms with Crippen molar-refractivity contribution >= 4 is 27.7 Å². The largest absolute Gasteiger partial charge is 0.392 e. The molecule has 0 saturated carbocycles. The van der Waals surface area contributed by atoms with Gasteiger partial charge in [0.25, 0.3) is 0 Å². The second kappa shape index (κ2) is 6.03. The molecule has 0 saturated heterocycles. The summed E-state index contributed by atoms with van der Waals surface area (Å²) in [6, 6.07) is 17.1. The second-order valence-corrected chi connectivity index (χ2v) is 5.98. The highest BCUT2D eigenvalue weighted by Gasteiger charge is 2.17. The Labute approximate surface area is 144 Å². The molecule has 0 fully saturated rings. The summed E-state index contributed by atoms with van der Waals surface area (Å²) in [7, 11) is 0. The van der Waals surface area contributed by atoms with Crippen LogP contribution in [0.15, 0.2) is 60.8 Å². The van der Waals surface area contributed by atoms with Crippen LogP contribution in [0.1, 0.15) is 21.6 Å². The minimum Gasteiger partial charge on any atom is -0.392 e. The average molecular weight is 331 g/mol. The third kappa shape index (κ3) is 2.55. The molecule has 0 aliphatic carbocycles. The second-order valence-electron chi connectivity index (χ2n) is 5.98. The van der Waals surface area contributed by atoms with Crippen molar-refractivity contribution in [2.45, 2.75) is 13.2 Å². The molecule has 0 aliphatic heterocycles. The van der Waals surface area contributed by atoms with Crippen LogP contribution < -0.4 is 5.73 Å². The molecule has 124 valence electrons. The minimum atomic E-state index is -0.450. The summed E-state index contributed by atoms with van der Waals surface area (Å²) < 4.78 is 2.11. The summed E-state index contributed by atoms with van der Waals surface area (Å²) >= 11 is 0. The lowest BCUT2D eigenvalue weighted by molar-refractivity contribution is 0.100. The fourth-order valence-corrected chi connectivity index (χ4v) is 3.32. The molecule has 3 N–H and O–H groups in total.